The molecule has 2 atom stereocenters. The van der Waals surface area contributed by atoms with Crippen LogP contribution in [0.4, 0.5) is 10.5 Å². The third kappa shape index (κ3) is 3.59. The number of para-hydroxylation sites is 2. The second-order valence-electron chi connectivity index (χ2n) is 8.78. The van der Waals surface area contributed by atoms with Gasteiger partial charge in [-0.25, -0.2) is 4.79 Å². The third-order valence-electron chi connectivity index (χ3n) is 6.48. The summed E-state index contributed by atoms with van der Waals surface area (Å²) in [6.07, 6.45) is 0. The molecular formula is C27H25N3O4. The Balaban J connectivity index is 1.45. The van der Waals surface area contributed by atoms with Crippen LogP contribution in [0.2, 0.25) is 0 Å². The largest absolute Gasteiger partial charge is 0.489 e. The Morgan fingerprint density at radius 1 is 1.00 bits per heavy atom. The Labute approximate surface area is 197 Å². The van der Waals surface area contributed by atoms with Gasteiger partial charge in [0.2, 0.25) is 5.91 Å². The molecule has 172 valence electrons. The molecule has 1 fully saturated rings. The van der Waals surface area contributed by atoms with Crippen molar-refractivity contribution in [3.05, 3.63) is 95.6 Å². The maximum absolute atomic E-state index is 13.7. The minimum Gasteiger partial charge on any atom is -0.489 e. The number of rotatable bonds is 4. The summed E-state index contributed by atoms with van der Waals surface area (Å²) in [6.45, 7) is 3.52. The fraction of sp³-hybridized carbons (Fsp3) is 0.222. The van der Waals surface area contributed by atoms with Crippen LogP contribution in [0.5, 0.6) is 5.75 Å². The summed E-state index contributed by atoms with van der Waals surface area (Å²) in [7, 11) is 0. The standard InChI is InChI=1S/C27H25N3O4/c1-18-12-14-20(15-13-18)27(2)25(32)29(26(33)28-27)16-24(31)30-21-10-6-7-11-23(21)34-17-22(30)19-8-4-3-5-9-19/h3-15,22H,16-17H2,1-2H3,(H,28,33). The Morgan fingerprint density at radius 2 is 1.68 bits per heavy atom. The highest BCUT2D eigenvalue weighted by molar-refractivity contribution is 6.11. The molecule has 0 saturated carbocycles. The molecule has 1 N–H and O–H groups in total. The highest BCUT2D eigenvalue weighted by atomic mass is 16.5. The normalized spacial score (nSPS) is 21.6. The van der Waals surface area contributed by atoms with E-state index in [0.717, 1.165) is 16.0 Å². The molecule has 0 aliphatic carbocycles. The van der Waals surface area contributed by atoms with Crippen LogP contribution in [0, 0.1) is 6.92 Å². The van der Waals surface area contributed by atoms with Crippen LogP contribution in [0.25, 0.3) is 0 Å². The van der Waals surface area contributed by atoms with Crippen molar-refractivity contribution in [1.82, 2.24) is 10.2 Å². The number of carbonyl (C=O) groups excluding carboxylic acids is 3. The predicted octanol–water partition coefficient (Wildman–Crippen LogP) is 3.93. The van der Waals surface area contributed by atoms with E-state index in [-0.39, 0.29) is 25.1 Å². The molecule has 7 heteroatoms. The average Bonchev–Trinajstić information content (AvgIpc) is 3.07. The molecule has 3 aromatic rings. The van der Waals surface area contributed by atoms with Crippen LogP contribution in [0.15, 0.2) is 78.9 Å². The average molecular weight is 456 g/mol. The van der Waals surface area contributed by atoms with E-state index in [1.54, 1.807) is 17.9 Å². The number of hydrogen-bond donors (Lipinski definition) is 1. The minimum absolute atomic E-state index is 0.272. The van der Waals surface area contributed by atoms with Crippen molar-refractivity contribution < 1.29 is 19.1 Å². The van der Waals surface area contributed by atoms with Crippen LogP contribution in [0.3, 0.4) is 0 Å². The van der Waals surface area contributed by atoms with E-state index in [4.69, 9.17) is 4.74 Å². The summed E-state index contributed by atoms with van der Waals surface area (Å²) < 4.78 is 5.93. The number of imide groups is 1. The van der Waals surface area contributed by atoms with Crippen LogP contribution < -0.4 is 15.0 Å². The monoisotopic (exact) mass is 455 g/mol. The topological polar surface area (TPSA) is 79.0 Å². The lowest BCUT2D eigenvalue weighted by molar-refractivity contribution is -0.134. The molecule has 0 aromatic heterocycles. The maximum Gasteiger partial charge on any atom is 0.325 e. The molecule has 2 heterocycles. The first-order valence-electron chi connectivity index (χ1n) is 11.2. The van der Waals surface area contributed by atoms with Crippen molar-refractivity contribution in [3.8, 4) is 5.75 Å². The molecule has 0 radical (unpaired) electrons. The van der Waals surface area contributed by atoms with Gasteiger partial charge < -0.3 is 10.1 Å². The first kappa shape index (κ1) is 21.7. The molecule has 2 aliphatic heterocycles. The zero-order valence-corrected chi connectivity index (χ0v) is 19.0. The van der Waals surface area contributed by atoms with Crippen molar-refractivity contribution >= 4 is 23.5 Å². The lowest BCUT2D eigenvalue weighted by Crippen LogP contribution is -2.48. The van der Waals surface area contributed by atoms with E-state index in [1.807, 2.05) is 79.7 Å². The number of fused-ring (bicyclic) bond motifs is 1. The van der Waals surface area contributed by atoms with Crippen LogP contribution in [-0.4, -0.2) is 35.9 Å². The van der Waals surface area contributed by atoms with E-state index in [1.165, 1.54) is 0 Å². The van der Waals surface area contributed by atoms with Gasteiger partial charge in [0.05, 0.1) is 11.7 Å². The van der Waals surface area contributed by atoms with E-state index in [0.29, 0.717) is 17.0 Å². The summed E-state index contributed by atoms with van der Waals surface area (Å²) in [5.74, 6) is -0.224. The molecule has 7 nitrogen and oxygen atoms in total. The second-order valence-corrected chi connectivity index (χ2v) is 8.78. The van der Waals surface area contributed by atoms with Crippen molar-refractivity contribution in [2.45, 2.75) is 25.4 Å². The van der Waals surface area contributed by atoms with Crippen molar-refractivity contribution in [2.24, 2.45) is 0 Å². The van der Waals surface area contributed by atoms with Gasteiger partial charge >= 0.3 is 6.03 Å². The summed E-state index contributed by atoms with van der Waals surface area (Å²) in [5.41, 5.74) is 2.01. The maximum atomic E-state index is 13.7. The number of carbonyl (C=O) groups is 3. The Kier molecular flexibility index (Phi) is 5.32. The molecule has 0 bridgehead atoms. The molecule has 1 saturated heterocycles. The van der Waals surface area contributed by atoms with Gasteiger partial charge in [0.1, 0.15) is 24.4 Å². The molecule has 34 heavy (non-hydrogen) atoms. The number of urea groups is 1. The van der Waals surface area contributed by atoms with Crippen molar-refractivity contribution in [3.63, 3.8) is 0 Å². The molecule has 5 rings (SSSR count). The van der Waals surface area contributed by atoms with E-state index < -0.39 is 17.5 Å². The number of anilines is 1. The predicted molar refractivity (Wildman–Crippen MR) is 127 cm³/mol. The third-order valence-corrected chi connectivity index (χ3v) is 6.48. The number of amides is 4. The van der Waals surface area contributed by atoms with Gasteiger partial charge in [0.25, 0.3) is 5.91 Å². The Bertz CT molecular complexity index is 1260. The second kappa shape index (κ2) is 8.33. The number of nitrogens with zero attached hydrogens (tertiary/aromatic N) is 2. The zero-order chi connectivity index (χ0) is 23.9. The molecule has 0 spiro atoms. The molecular weight excluding hydrogens is 430 g/mol. The summed E-state index contributed by atoms with van der Waals surface area (Å²) in [6, 6.07) is 23.3. The van der Waals surface area contributed by atoms with Crippen LogP contribution in [-0.2, 0) is 15.1 Å². The first-order valence-corrected chi connectivity index (χ1v) is 11.2. The van der Waals surface area contributed by atoms with E-state index in [9.17, 15) is 14.4 Å². The van der Waals surface area contributed by atoms with Gasteiger partial charge in [0, 0.05) is 0 Å². The number of ether oxygens (including phenoxy) is 1. The van der Waals surface area contributed by atoms with Gasteiger partial charge in [-0.3, -0.25) is 19.4 Å². The molecule has 2 aliphatic rings. The van der Waals surface area contributed by atoms with Gasteiger partial charge in [-0.2, -0.15) is 0 Å². The first-order chi connectivity index (χ1) is 16.4. The highest BCUT2D eigenvalue weighted by Crippen LogP contribution is 2.39. The van der Waals surface area contributed by atoms with Gasteiger partial charge in [-0.1, -0.05) is 72.3 Å². The molecule has 3 aromatic carbocycles. The smallest absolute Gasteiger partial charge is 0.325 e. The molecule has 2 unspecified atom stereocenters. The summed E-state index contributed by atoms with van der Waals surface area (Å²) in [4.78, 5) is 42.6. The number of nitrogens with one attached hydrogen (secondary N) is 1. The van der Waals surface area contributed by atoms with E-state index >= 15 is 0 Å². The van der Waals surface area contributed by atoms with Crippen molar-refractivity contribution in [2.75, 3.05) is 18.1 Å². The van der Waals surface area contributed by atoms with Crippen molar-refractivity contribution in [1.29, 1.82) is 0 Å². The number of hydrogen-bond acceptors (Lipinski definition) is 4. The lowest BCUT2D eigenvalue weighted by atomic mass is 9.91. The van der Waals surface area contributed by atoms with Gasteiger partial charge in [0.15, 0.2) is 0 Å². The quantitative estimate of drug-likeness (QED) is 0.605. The lowest BCUT2D eigenvalue weighted by Gasteiger charge is -2.37. The fourth-order valence-corrected chi connectivity index (χ4v) is 4.55. The SMILES string of the molecule is Cc1ccc(C2(C)NC(=O)N(CC(=O)N3c4ccccc4OCC3c3ccccc3)C2=O)cc1. The zero-order valence-electron chi connectivity index (χ0n) is 19.0. The molecule has 4 amide bonds. The Hall–Kier alpha value is -4.13. The Morgan fingerprint density at radius 3 is 2.41 bits per heavy atom. The number of aryl methyl sites for hydroxylation is 1. The van der Waals surface area contributed by atoms with Crippen LogP contribution >= 0.6 is 0 Å². The minimum atomic E-state index is -1.23. The van der Waals surface area contributed by atoms with E-state index in [2.05, 4.69) is 5.32 Å². The number of benzene rings is 3. The summed E-state index contributed by atoms with van der Waals surface area (Å²) in [5, 5.41) is 2.78. The highest BCUT2D eigenvalue weighted by Gasteiger charge is 2.50. The summed E-state index contributed by atoms with van der Waals surface area (Å²) >= 11 is 0. The van der Waals surface area contributed by atoms with Gasteiger partial charge in [-0.15, -0.1) is 0 Å². The fourth-order valence-electron chi connectivity index (χ4n) is 4.55. The van der Waals surface area contributed by atoms with Crippen LogP contribution in [0.1, 0.15) is 29.7 Å². The van der Waals surface area contributed by atoms with Gasteiger partial charge in [-0.05, 0) is 37.1 Å².